The van der Waals surface area contributed by atoms with Gasteiger partial charge in [-0.05, 0) is 39.2 Å². The third-order valence-electron chi connectivity index (χ3n) is 2.62. The van der Waals surface area contributed by atoms with Crippen LogP contribution in [0.25, 0.3) is 0 Å². The van der Waals surface area contributed by atoms with Gasteiger partial charge < -0.3 is 16.0 Å². The molecule has 1 rings (SSSR count). The zero-order valence-corrected chi connectivity index (χ0v) is 9.10. The lowest BCUT2D eigenvalue weighted by Crippen LogP contribution is -2.43. The summed E-state index contributed by atoms with van der Waals surface area (Å²) < 4.78 is 0. The van der Waals surface area contributed by atoms with Gasteiger partial charge in [0.1, 0.15) is 0 Å². The van der Waals surface area contributed by atoms with Crippen LogP contribution in [0.4, 0.5) is 4.79 Å². The van der Waals surface area contributed by atoms with Crippen molar-refractivity contribution in [3.63, 3.8) is 0 Å². The van der Waals surface area contributed by atoms with Gasteiger partial charge >= 0.3 is 6.03 Å². The summed E-state index contributed by atoms with van der Waals surface area (Å²) in [4.78, 5) is 11.1. The summed E-state index contributed by atoms with van der Waals surface area (Å²) in [6, 6.07) is 0.545. The monoisotopic (exact) mass is 199 g/mol. The Morgan fingerprint density at radius 2 is 2.29 bits per heavy atom. The molecule has 0 aromatic heterocycles. The maximum atomic E-state index is 11.1. The maximum absolute atomic E-state index is 11.1. The maximum Gasteiger partial charge on any atom is 0.314 e. The summed E-state index contributed by atoms with van der Waals surface area (Å²) in [5.74, 6) is 0.633. The number of carbonyl (C=O) groups is 1. The minimum absolute atomic E-state index is 0.0429. The molecule has 3 N–H and O–H groups in total. The van der Waals surface area contributed by atoms with Crippen molar-refractivity contribution in [1.29, 1.82) is 0 Å². The molecule has 82 valence electrons. The summed E-state index contributed by atoms with van der Waals surface area (Å²) in [5, 5.41) is 9.02. The number of hydrogen-bond donors (Lipinski definition) is 3. The quantitative estimate of drug-likeness (QED) is 0.626. The third kappa shape index (κ3) is 3.96. The topological polar surface area (TPSA) is 53.2 Å². The molecule has 0 bridgehead atoms. The molecule has 4 nitrogen and oxygen atoms in total. The highest BCUT2D eigenvalue weighted by Crippen LogP contribution is 2.14. The average Bonchev–Trinajstić information content (AvgIpc) is 2.15. The number of rotatable bonds is 3. The Morgan fingerprint density at radius 1 is 1.50 bits per heavy atom. The first-order valence-electron chi connectivity index (χ1n) is 5.47. The number of amides is 2. The molecule has 4 heteroatoms. The van der Waals surface area contributed by atoms with Crippen molar-refractivity contribution >= 4 is 6.03 Å². The van der Waals surface area contributed by atoms with Gasteiger partial charge in [0.25, 0.3) is 0 Å². The van der Waals surface area contributed by atoms with Crippen LogP contribution in [0.15, 0.2) is 0 Å². The second-order valence-electron chi connectivity index (χ2n) is 3.99. The van der Waals surface area contributed by atoms with E-state index in [1.165, 1.54) is 0 Å². The van der Waals surface area contributed by atoms with Crippen LogP contribution in [-0.4, -0.2) is 31.7 Å². The van der Waals surface area contributed by atoms with Crippen LogP contribution in [0, 0.1) is 5.92 Å². The summed E-state index contributed by atoms with van der Waals surface area (Å²) in [6.07, 6.45) is 2.32. The van der Waals surface area contributed by atoms with Crippen molar-refractivity contribution in [2.75, 3.05) is 19.6 Å². The molecule has 1 aliphatic heterocycles. The number of hydrogen-bond acceptors (Lipinski definition) is 2. The van der Waals surface area contributed by atoms with Gasteiger partial charge in [-0.25, -0.2) is 4.79 Å². The predicted octanol–water partition coefficient (Wildman–Crippen LogP) is 0.694. The Kier molecular flexibility index (Phi) is 4.73. The molecule has 2 amide bonds. The highest BCUT2D eigenvalue weighted by Gasteiger charge is 2.18. The molecular weight excluding hydrogens is 178 g/mol. The van der Waals surface area contributed by atoms with Crippen molar-refractivity contribution in [3.8, 4) is 0 Å². The molecule has 1 aliphatic rings. The SMILES string of the molecule is CCNC(=O)NCC1CCNC(C)C1. The van der Waals surface area contributed by atoms with E-state index in [0.29, 0.717) is 18.5 Å². The highest BCUT2D eigenvalue weighted by molar-refractivity contribution is 5.73. The van der Waals surface area contributed by atoms with E-state index in [2.05, 4.69) is 22.9 Å². The minimum atomic E-state index is -0.0429. The van der Waals surface area contributed by atoms with Crippen molar-refractivity contribution in [2.45, 2.75) is 32.7 Å². The molecule has 0 radical (unpaired) electrons. The Morgan fingerprint density at radius 3 is 2.93 bits per heavy atom. The van der Waals surface area contributed by atoms with Gasteiger partial charge in [-0.3, -0.25) is 0 Å². The predicted molar refractivity (Wildman–Crippen MR) is 57.3 cm³/mol. The lowest BCUT2D eigenvalue weighted by Gasteiger charge is -2.28. The van der Waals surface area contributed by atoms with E-state index in [0.717, 1.165) is 25.9 Å². The fourth-order valence-electron chi connectivity index (χ4n) is 1.88. The van der Waals surface area contributed by atoms with Gasteiger partial charge in [0.15, 0.2) is 0 Å². The molecule has 0 spiro atoms. The molecule has 14 heavy (non-hydrogen) atoms. The highest BCUT2D eigenvalue weighted by atomic mass is 16.2. The van der Waals surface area contributed by atoms with Crippen LogP contribution >= 0.6 is 0 Å². The molecule has 1 heterocycles. The second-order valence-corrected chi connectivity index (χ2v) is 3.99. The molecule has 0 aromatic rings. The van der Waals surface area contributed by atoms with E-state index < -0.39 is 0 Å². The summed E-state index contributed by atoms with van der Waals surface area (Å²) in [7, 11) is 0. The van der Waals surface area contributed by atoms with Crippen LogP contribution in [0.3, 0.4) is 0 Å². The van der Waals surface area contributed by atoms with E-state index in [1.807, 2.05) is 6.92 Å². The first-order valence-corrected chi connectivity index (χ1v) is 5.47. The van der Waals surface area contributed by atoms with Gasteiger partial charge in [-0.1, -0.05) is 0 Å². The molecule has 0 saturated carbocycles. The zero-order chi connectivity index (χ0) is 10.4. The van der Waals surface area contributed by atoms with Crippen LogP contribution in [0.1, 0.15) is 26.7 Å². The van der Waals surface area contributed by atoms with Gasteiger partial charge in [0, 0.05) is 19.1 Å². The van der Waals surface area contributed by atoms with Gasteiger partial charge in [-0.2, -0.15) is 0 Å². The molecule has 2 atom stereocenters. The smallest absolute Gasteiger partial charge is 0.314 e. The number of urea groups is 1. The van der Waals surface area contributed by atoms with Gasteiger partial charge in [0.05, 0.1) is 0 Å². The molecular formula is C10H21N3O. The summed E-state index contributed by atoms with van der Waals surface area (Å²) in [6.45, 7) is 6.68. The third-order valence-corrected chi connectivity index (χ3v) is 2.62. The van der Waals surface area contributed by atoms with Crippen molar-refractivity contribution < 1.29 is 4.79 Å². The normalized spacial score (nSPS) is 27.0. The van der Waals surface area contributed by atoms with E-state index in [-0.39, 0.29) is 6.03 Å². The fraction of sp³-hybridized carbons (Fsp3) is 0.900. The second kappa shape index (κ2) is 5.86. The van der Waals surface area contributed by atoms with Gasteiger partial charge in [-0.15, -0.1) is 0 Å². The molecule has 0 aliphatic carbocycles. The largest absolute Gasteiger partial charge is 0.338 e. The Hall–Kier alpha value is -0.770. The summed E-state index contributed by atoms with van der Waals surface area (Å²) in [5.41, 5.74) is 0. The first kappa shape index (κ1) is 11.3. The Balaban J connectivity index is 2.14. The lowest BCUT2D eigenvalue weighted by atomic mass is 9.93. The van der Waals surface area contributed by atoms with Crippen LogP contribution in [-0.2, 0) is 0 Å². The molecule has 0 aromatic carbocycles. The van der Waals surface area contributed by atoms with E-state index in [4.69, 9.17) is 0 Å². The fourth-order valence-corrected chi connectivity index (χ4v) is 1.88. The number of carbonyl (C=O) groups excluding carboxylic acids is 1. The van der Waals surface area contributed by atoms with Crippen molar-refractivity contribution in [2.24, 2.45) is 5.92 Å². The van der Waals surface area contributed by atoms with Crippen LogP contribution in [0.5, 0.6) is 0 Å². The molecule has 1 saturated heterocycles. The van der Waals surface area contributed by atoms with Crippen molar-refractivity contribution in [3.05, 3.63) is 0 Å². The first-order chi connectivity index (χ1) is 6.72. The van der Waals surface area contributed by atoms with Gasteiger partial charge in [0.2, 0.25) is 0 Å². The Bertz CT molecular complexity index is 184. The Labute approximate surface area is 85.8 Å². The van der Waals surface area contributed by atoms with Crippen molar-refractivity contribution in [1.82, 2.24) is 16.0 Å². The number of piperidine rings is 1. The minimum Gasteiger partial charge on any atom is -0.338 e. The molecule has 1 fully saturated rings. The number of nitrogens with one attached hydrogen (secondary N) is 3. The zero-order valence-electron chi connectivity index (χ0n) is 9.10. The van der Waals surface area contributed by atoms with E-state index in [1.54, 1.807) is 0 Å². The molecule has 2 unspecified atom stereocenters. The standard InChI is InChI=1S/C10H21N3O/c1-3-11-10(14)13-7-9-4-5-12-8(2)6-9/h8-9,12H,3-7H2,1-2H3,(H2,11,13,14). The van der Waals surface area contributed by atoms with E-state index >= 15 is 0 Å². The van der Waals surface area contributed by atoms with Crippen LogP contribution < -0.4 is 16.0 Å². The van der Waals surface area contributed by atoms with E-state index in [9.17, 15) is 4.79 Å². The lowest BCUT2D eigenvalue weighted by molar-refractivity contribution is 0.235. The average molecular weight is 199 g/mol. The van der Waals surface area contributed by atoms with Crippen LogP contribution in [0.2, 0.25) is 0 Å². The summed E-state index contributed by atoms with van der Waals surface area (Å²) >= 11 is 0.